The minimum Gasteiger partial charge on any atom is -0.507 e. The van der Waals surface area contributed by atoms with Crippen LogP contribution in [0.1, 0.15) is 16.8 Å². The molecule has 2 N–H and O–H groups in total. The number of nitrogens with zero attached hydrogens (tertiary/aromatic N) is 3. The summed E-state index contributed by atoms with van der Waals surface area (Å²) in [6.07, 6.45) is 0.546. The van der Waals surface area contributed by atoms with Crippen LogP contribution in [0.15, 0.2) is 23.3 Å². The molecular formula is C10H11ClN4O2. The first-order chi connectivity index (χ1) is 8.15. The van der Waals surface area contributed by atoms with E-state index in [4.69, 9.17) is 17.1 Å². The average molecular weight is 255 g/mol. The first-order valence-corrected chi connectivity index (χ1v) is 5.30. The molecule has 0 saturated heterocycles. The maximum Gasteiger partial charge on any atom is 0.255 e. The number of nitrogens with one attached hydrogen (secondary N) is 1. The van der Waals surface area contributed by atoms with Crippen molar-refractivity contribution < 1.29 is 9.90 Å². The number of phenols is 1. The molecule has 90 valence electrons. The van der Waals surface area contributed by atoms with Gasteiger partial charge in [0.15, 0.2) is 0 Å². The Balaban J connectivity index is 2.49. The molecule has 0 bridgehead atoms. The van der Waals surface area contributed by atoms with Crippen LogP contribution in [0, 0.1) is 0 Å². The van der Waals surface area contributed by atoms with Crippen molar-refractivity contribution in [2.75, 3.05) is 13.1 Å². The van der Waals surface area contributed by atoms with Crippen LogP contribution in [0.3, 0.4) is 0 Å². The molecule has 6 nitrogen and oxygen atoms in total. The number of benzene rings is 1. The zero-order valence-corrected chi connectivity index (χ0v) is 9.68. The minimum absolute atomic E-state index is 0.162. The third-order valence-corrected chi connectivity index (χ3v) is 2.22. The van der Waals surface area contributed by atoms with Gasteiger partial charge in [-0.15, -0.1) is 0 Å². The van der Waals surface area contributed by atoms with Crippen molar-refractivity contribution >= 4 is 17.5 Å². The second-order valence-corrected chi connectivity index (χ2v) is 3.66. The number of aromatic hydroxyl groups is 1. The van der Waals surface area contributed by atoms with E-state index in [2.05, 4.69) is 15.3 Å². The topological polar surface area (TPSA) is 98.1 Å². The van der Waals surface area contributed by atoms with Crippen LogP contribution in [0.5, 0.6) is 5.75 Å². The molecule has 17 heavy (non-hydrogen) atoms. The van der Waals surface area contributed by atoms with Gasteiger partial charge in [0.25, 0.3) is 5.91 Å². The maximum atomic E-state index is 11.6. The Morgan fingerprint density at radius 3 is 3.00 bits per heavy atom. The van der Waals surface area contributed by atoms with Crippen molar-refractivity contribution in [1.82, 2.24) is 5.32 Å². The number of halogens is 1. The fourth-order valence-electron chi connectivity index (χ4n) is 1.19. The van der Waals surface area contributed by atoms with Crippen LogP contribution in [0.4, 0.5) is 0 Å². The molecule has 1 rings (SSSR count). The van der Waals surface area contributed by atoms with Gasteiger partial charge in [-0.05, 0) is 30.2 Å². The molecule has 1 aromatic carbocycles. The monoisotopic (exact) mass is 254 g/mol. The van der Waals surface area contributed by atoms with Gasteiger partial charge in [-0.2, -0.15) is 0 Å². The number of rotatable bonds is 5. The van der Waals surface area contributed by atoms with Crippen LogP contribution < -0.4 is 5.32 Å². The third kappa shape index (κ3) is 4.22. The van der Waals surface area contributed by atoms with Crippen LogP contribution in [-0.4, -0.2) is 24.1 Å². The third-order valence-electron chi connectivity index (χ3n) is 1.99. The smallest absolute Gasteiger partial charge is 0.255 e. The van der Waals surface area contributed by atoms with Crippen LogP contribution >= 0.6 is 11.6 Å². The molecule has 0 heterocycles. The van der Waals surface area contributed by atoms with Gasteiger partial charge in [-0.25, -0.2) is 0 Å². The Morgan fingerprint density at radius 2 is 2.35 bits per heavy atom. The van der Waals surface area contributed by atoms with E-state index in [0.717, 1.165) is 0 Å². The minimum atomic E-state index is -0.389. The van der Waals surface area contributed by atoms with Gasteiger partial charge in [0.1, 0.15) is 5.75 Å². The Hall–Kier alpha value is -1.91. The summed E-state index contributed by atoms with van der Waals surface area (Å²) >= 11 is 5.64. The summed E-state index contributed by atoms with van der Waals surface area (Å²) in [7, 11) is 0. The van der Waals surface area contributed by atoms with E-state index < -0.39 is 0 Å². The van der Waals surface area contributed by atoms with Crippen LogP contribution in [-0.2, 0) is 0 Å². The van der Waals surface area contributed by atoms with Gasteiger partial charge >= 0.3 is 0 Å². The van der Waals surface area contributed by atoms with Crippen molar-refractivity contribution in [2.45, 2.75) is 6.42 Å². The highest BCUT2D eigenvalue weighted by atomic mass is 35.5. The predicted octanol–water partition coefficient (Wildman–Crippen LogP) is 2.48. The van der Waals surface area contributed by atoms with Gasteiger partial charge in [0.05, 0.1) is 5.56 Å². The molecular weight excluding hydrogens is 244 g/mol. The van der Waals surface area contributed by atoms with Crippen molar-refractivity contribution in [3.8, 4) is 5.75 Å². The Labute approximate surface area is 103 Å². The van der Waals surface area contributed by atoms with E-state index in [0.29, 0.717) is 24.5 Å². The summed E-state index contributed by atoms with van der Waals surface area (Å²) in [4.78, 5) is 14.2. The van der Waals surface area contributed by atoms with Gasteiger partial charge in [0, 0.05) is 23.0 Å². The van der Waals surface area contributed by atoms with E-state index in [1.54, 1.807) is 0 Å². The molecule has 0 aromatic heterocycles. The second-order valence-electron chi connectivity index (χ2n) is 3.23. The lowest BCUT2D eigenvalue weighted by atomic mass is 10.2. The molecule has 0 atom stereocenters. The molecule has 0 aliphatic rings. The highest BCUT2D eigenvalue weighted by molar-refractivity contribution is 6.30. The first kappa shape index (κ1) is 13.2. The number of hydrogen-bond acceptors (Lipinski definition) is 3. The van der Waals surface area contributed by atoms with Gasteiger partial charge in [-0.1, -0.05) is 16.7 Å². The van der Waals surface area contributed by atoms with Gasteiger partial charge < -0.3 is 10.4 Å². The molecule has 1 aromatic rings. The molecule has 0 aliphatic carbocycles. The van der Waals surface area contributed by atoms with E-state index >= 15 is 0 Å². The van der Waals surface area contributed by atoms with Crippen LogP contribution in [0.25, 0.3) is 10.4 Å². The summed E-state index contributed by atoms with van der Waals surface area (Å²) in [5.41, 5.74) is 8.21. The van der Waals surface area contributed by atoms with Crippen molar-refractivity contribution in [1.29, 1.82) is 0 Å². The normalized spacial score (nSPS) is 9.47. The highest BCUT2D eigenvalue weighted by Gasteiger charge is 2.10. The summed E-state index contributed by atoms with van der Waals surface area (Å²) in [6.45, 7) is 0.698. The SMILES string of the molecule is [N-]=[N+]=NCCCNC(=O)c1ccc(Cl)cc1O. The molecule has 0 fully saturated rings. The Bertz CT molecular complexity index is 458. The molecule has 0 aliphatic heterocycles. The summed E-state index contributed by atoms with van der Waals surface area (Å²) in [5.74, 6) is -0.551. The number of hydrogen-bond donors (Lipinski definition) is 2. The zero-order chi connectivity index (χ0) is 12.7. The fourth-order valence-corrected chi connectivity index (χ4v) is 1.35. The number of carbonyl (C=O) groups excluding carboxylic acids is 1. The lowest BCUT2D eigenvalue weighted by molar-refractivity contribution is 0.0951. The first-order valence-electron chi connectivity index (χ1n) is 4.92. The number of amides is 1. The van der Waals surface area contributed by atoms with E-state index in [-0.39, 0.29) is 17.2 Å². The standard InChI is InChI=1S/C10H11ClN4O2/c11-7-2-3-8(9(16)6-7)10(17)13-4-1-5-14-15-12/h2-3,6,16H,1,4-5H2,(H,13,17). The van der Waals surface area contributed by atoms with Gasteiger partial charge in [-0.3, -0.25) is 4.79 Å². The van der Waals surface area contributed by atoms with Gasteiger partial charge in [0.2, 0.25) is 0 Å². The predicted molar refractivity (Wildman–Crippen MR) is 64.1 cm³/mol. The molecule has 0 unspecified atom stereocenters. The summed E-state index contributed by atoms with van der Waals surface area (Å²) in [6, 6.07) is 4.27. The summed E-state index contributed by atoms with van der Waals surface area (Å²) in [5, 5.41) is 15.8. The number of azide groups is 1. The fraction of sp³-hybridized carbons (Fsp3) is 0.300. The van der Waals surface area contributed by atoms with E-state index in [9.17, 15) is 9.90 Å². The molecule has 0 saturated carbocycles. The van der Waals surface area contributed by atoms with Crippen molar-refractivity contribution in [2.24, 2.45) is 5.11 Å². The van der Waals surface area contributed by atoms with E-state index in [1.807, 2.05) is 0 Å². The van der Waals surface area contributed by atoms with Crippen molar-refractivity contribution in [3.05, 3.63) is 39.2 Å². The second kappa shape index (κ2) is 6.62. The largest absolute Gasteiger partial charge is 0.507 e. The zero-order valence-electron chi connectivity index (χ0n) is 8.93. The lowest BCUT2D eigenvalue weighted by Gasteiger charge is -2.06. The van der Waals surface area contributed by atoms with E-state index in [1.165, 1.54) is 18.2 Å². The highest BCUT2D eigenvalue weighted by Crippen LogP contribution is 2.21. The summed E-state index contributed by atoms with van der Waals surface area (Å²) < 4.78 is 0. The average Bonchev–Trinajstić information content (AvgIpc) is 2.28. The van der Waals surface area contributed by atoms with Crippen molar-refractivity contribution in [3.63, 3.8) is 0 Å². The van der Waals surface area contributed by atoms with Crippen LogP contribution in [0.2, 0.25) is 5.02 Å². The molecule has 0 radical (unpaired) electrons. The Morgan fingerprint density at radius 1 is 1.59 bits per heavy atom. The Kier molecular flexibility index (Phi) is 5.13. The number of phenolic OH excluding ortho intramolecular Hbond substituents is 1. The quantitative estimate of drug-likeness (QED) is 0.365. The molecule has 7 heteroatoms. The molecule has 1 amide bonds. The maximum absolute atomic E-state index is 11.6. The molecule has 0 spiro atoms. The number of carbonyl (C=O) groups is 1. The lowest BCUT2D eigenvalue weighted by Crippen LogP contribution is -2.24.